The van der Waals surface area contributed by atoms with Crippen molar-refractivity contribution in [2.75, 3.05) is 13.1 Å². The molecule has 0 saturated carbocycles. The van der Waals surface area contributed by atoms with Gasteiger partial charge in [0.1, 0.15) is 18.7 Å². The Kier molecular flexibility index (Phi) is 4.06. The Morgan fingerprint density at radius 1 is 1.38 bits per heavy atom. The van der Waals surface area contributed by atoms with E-state index in [2.05, 4.69) is 15.3 Å². The standard InChI is InChI=1S/C14H17F3N6O/c1-9-5-12(14(15,16)17)20-23(9)7-13(24)21-4-3-11(6-21)22-8-18-19-10(22)2/h5,8,11H,3-4,6-7H2,1-2H3. The summed E-state index contributed by atoms with van der Waals surface area (Å²) in [6, 6.07) is 1.04. The van der Waals surface area contributed by atoms with Gasteiger partial charge in [-0.25, -0.2) is 0 Å². The minimum atomic E-state index is -4.51. The molecule has 0 radical (unpaired) electrons. The molecular weight excluding hydrogens is 325 g/mol. The lowest BCUT2D eigenvalue weighted by Crippen LogP contribution is -2.33. The van der Waals surface area contributed by atoms with Crippen LogP contribution in [0.5, 0.6) is 0 Å². The molecule has 2 aromatic rings. The van der Waals surface area contributed by atoms with Crippen molar-refractivity contribution in [1.82, 2.24) is 29.4 Å². The van der Waals surface area contributed by atoms with Crippen LogP contribution in [0.1, 0.15) is 29.7 Å². The molecule has 0 aromatic carbocycles. The van der Waals surface area contributed by atoms with E-state index < -0.39 is 11.9 Å². The summed E-state index contributed by atoms with van der Waals surface area (Å²) in [4.78, 5) is 14.0. The summed E-state index contributed by atoms with van der Waals surface area (Å²) in [5.41, 5.74) is -0.673. The minimum absolute atomic E-state index is 0.0911. The number of likely N-dealkylation sites (tertiary alicyclic amines) is 1. The van der Waals surface area contributed by atoms with Crippen molar-refractivity contribution >= 4 is 5.91 Å². The monoisotopic (exact) mass is 342 g/mol. The fourth-order valence-electron chi connectivity index (χ4n) is 2.89. The van der Waals surface area contributed by atoms with Gasteiger partial charge in [-0.2, -0.15) is 18.3 Å². The van der Waals surface area contributed by atoms with E-state index in [1.54, 1.807) is 11.2 Å². The zero-order valence-corrected chi connectivity index (χ0v) is 13.3. The third kappa shape index (κ3) is 3.13. The van der Waals surface area contributed by atoms with Gasteiger partial charge in [-0.15, -0.1) is 10.2 Å². The first kappa shape index (κ1) is 16.5. The molecule has 1 amide bonds. The fraction of sp³-hybridized carbons (Fsp3) is 0.571. The number of amides is 1. The Balaban J connectivity index is 1.66. The van der Waals surface area contributed by atoms with Crippen LogP contribution in [0, 0.1) is 13.8 Å². The number of hydrogen-bond acceptors (Lipinski definition) is 4. The van der Waals surface area contributed by atoms with Crippen molar-refractivity contribution < 1.29 is 18.0 Å². The molecule has 130 valence electrons. The van der Waals surface area contributed by atoms with Crippen LogP contribution in [0.3, 0.4) is 0 Å². The second-order valence-corrected chi connectivity index (χ2v) is 5.89. The van der Waals surface area contributed by atoms with Gasteiger partial charge >= 0.3 is 6.18 Å². The Morgan fingerprint density at radius 3 is 2.71 bits per heavy atom. The molecule has 3 heterocycles. The number of nitrogens with zero attached hydrogens (tertiary/aromatic N) is 6. The molecule has 0 bridgehead atoms. The van der Waals surface area contributed by atoms with Crippen LogP contribution in [0.15, 0.2) is 12.4 Å². The molecule has 0 spiro atoms. The van der Waals surface area contributed by atoms with Crippen molar-refractivity contribution in [1.29, 1.82) is 0 Å². The summed E-state index contributed by atoms with van der Waals surface area (Å²) in [5, 5.41) is 11.2. The molecule has 1 atom stereocenters. The third-order valence-electron chi connectivity index (χ3n) is 4.22. The van der Waals surface area contributed by atoms with E-state index in [-0.39, 0.29) is 18.5 Å². The van der Waals surface area contributed by atoms with E-state index in [1.165, 1.54) is 6.92 Å². The van der Waals surface area contributed by atoms with Gasteiger partial charge < -0.3 is 9.47 Å². The van der Waals surface area contributed by atoms with Gasteiger partial charge in [-0.3, -0.25) is 9.48 Å². The maximum atomic E-state index is 12.7. The van der Waals surface area contributed by atoms with Crippen molar-refractivity contribution in [3.05, 3.63) is 29.6 Å². The maximum absolute atomic E-state index is 12.7. The molecule has 3 rings (SSSR count). The summed E-state index contributed by atoms with van der Waals surface area (Å²) in [6.45, 7) is 4.18. The lowest BCUT2D eigenvalue weighted by Gasteiger charge is -2.17. The molecule has 7 nitrogen and oxygen atoms in total. The van der Waals surface area contributed by atoms with Crippen molar-refractivity contribution in [3.63, 3.8) is 0 Å². The van der Waals surface area contributed by atoms with Crippen molar-refractivity contribution in [2.24, 2.45) is 0 Å². The average Bonchev–Trinajstić information content (AvgIpc) is 3.18. The summed E-state index contributed by atoms with van der Waals surface area (Å²) in [5.74, 6) is 0.523. The van der Waals surface area contributed by atoms with Crippen LogP contribution in [0.2, 0.25) is 0 Å². The van der Waals surface area contributed by atoms with E-state index in [9.17, 15) is 18.0 Å². The van der Waals surface area contributed by atoms with Crippen LogP contribution in [-0.4, -0.2) is 48.4 Å². The zero-order valence-electron chi connectivity index (χ0n) is 13.3. The second kappa shape index (κ2) is 5.91. The molecule has 0 aliphatic carbocycles. The van der Waals surface area contributed by atoms with Crippen LogP contribution < -0.4 is 0 Å². The van der Waals surface area contributed by atoms with Crippen molar-refractivity contribution in [3.8, 4) is 0 Å². The number of carbonyl (C=O) groups is 1. The molecule has 0 N–H and O–H groups in total. The first-order chi connectivity index (χ1) is 11.3. The van der Waals surface area contributed by atoms with Gasteiger partial charge in [0.25, 0.3) is 0 Å². The zero-order chi connectivity index (χ0) is 17.5. The third-order valence-corrected chi connectivity index (χ3v) is 4.22. The van der Waals surface area contributed by atoms with Gasteiger partial charge in [-0.1, -0.05) is 0 Å². The van der Waals surface area contributed by atoms with Crippen LogP contribution >= 0.6 is 0 Å². The van der Waals surface area contributed by atoms with Gasteiger partial charge in [0.2, 0.25) is 5.91 Å². The second-order valence-electron chi connectivity index (χ2n) is 5.89. The number of aryl methyl sites for hydroxylation is 2. The average molecular weight is 342 g/mol. The van der Waals surface area contributed by atoms with E-state index in [1.807, 2.05) is 11.5 Å². The van der Waals surface area contributed by atoms with E-state index in [0.717, 1.165) is 23.0 Å². The highest BCUT2D eigenvalue weighted by Gasteiger charge is 2.35. The minimum Gasteiger partial charge on any atom is -0.339 e. The van der Waals surface area contributed by atoms with E-state index in [4.69, 9.17) is 0 Å². The summed E-state index contributed by atoms with van der Waals surface area (Å²) in [6.07, 6.45) is -2.12. The summed E-state index contributed by atoms with van der Waals surface area (Å²) in [7, 11) is 0. The number of alkyl halides is 3. The number of hydrogen-bond donors (Lipinski definition) is 0. The highest BCUT2D eigenvalue weighted by atomic mass is 19.4. The summed E-state index contributed by atoms with van der Waals surface area (Å²) >= 11 is 0. The lowest BCUT2D eigenvalue weighted by molar-refractivity contribution is -0.142. The first-order valence-corrected chi connectivity index (χ1v) is 7.51. The molecule has 1 saturated heterocycles. The van der Waals surface area contributed by atoms with E-state index >= 15 is 0 Å². The molecule has 2 aromatic heterocycles. The number of rotatable bonds is 3. The van der Waals surface area contributed by atoms with E-state index in [0.29, 0.717) is 18.8 Å². The quantitative estimate of drug-likeness (QED) is 0.849. The Labute approximate surface area is 136 Å². The molecule has 1 aliphatic heterocycles. The topological polar surface area (TPSA) is 68.8 Å². The van der Waals surface area contributed by atoms with Gasteiger partial charge in [0.15, 0.2) is 5.69 Å². The predicted octanol–water partition coefficient (Wildman–Crippen LogP) is 1.58. The lowest BCUT2D eigenvalue weighted by atomic mass is 10.2. The van der Waals surface area contributed by atoms with Crippen LogP contribution in [0.25, 0.3) is 0 Å². The number of carbonyl (C=O) groups excluding carboxylic acids is 1. The molecule has 10 heteroatoms. The summed E-state index contributed by atoms with van der Waals surface area (Å²) < 4.78 is 41.1. The number of aromatic nitrogens is 5. The smallest absolute Gasteiger partial charge is 0.339 e. The van der Waals surface area contributed by atoms with Crippen LogP contribution in [0.4, 0.5) is 13.2 Å². The molecule has 1 fully saturated rings. The highest BCUT2D eigenvalue weighted by molar-refractivity contribution is 5.76. The Hall–Kier alpha value is -2.39. The SMILES string of the molecule is Cc1nncn1C1CCN(C(=O)Cn2nc(C(F)(F)F)cc2C)C1. The maximum Gasteiger partial charge on any atom is 0.435 e. The predicted molar refractivity (Wildman–Crippen MR) is 77.0 cm³/mol. The normalized spacial score (nSPS) is 18.4. The van der Waals surface area contributed by atoms with Crippen molar-refractivity contribution in [2.45, 2.75) is 39.0 Å². The molecule has 24 heavy (non-hydrogen) atoms. The fourth-order valence-corrected chi connectivity index (χ4v) is 2.89. The van der Waals surface area contributed by atoms with Crippen LogP contribution in [-0.2, 0) is 17.5 Å². The largest absolute Gasteiger partial charge is 0.435 e. The van der Waals surface area contributed by atoms with Gasteiger partial charge in [0, 0.05) is 18.8 Å². The van der Waals surface area contributed by atoms with Gasteiger partial charge in [0.05, 0.1) is 6.04 Å². The first-order valence-electron chi connectivity index (χ1n) is 7.51. The molecule has 1 aliphatic rings. The Morgan fingerprint density at radius 2 is 2.12 bits per heavy atom. The van der Waals surface area contributed by atoms with Gasteiger partial charge in [-0.05, 0) is 26.3 Å². The Bertz CT molecular complexity index is 750. The highest BCUT2D eigenvalue weighted by Crippen LogP contribution is 2.28. The number of halogens is 3. The molecule has 1 unspecified atom stereocenters. The molecular formula is C14H17F3N6O.